The summed E-state index contributed by atoms with van der Waals surface area (Å²) in [5, 5.41) is 9.45. The van der Waals surface area contributed by atoms with Crippen molar-refractivity contribution in [2.45, 2.75) is 30.8 Å². The van der Waals surface area contributed by atoms with E-state index in [0.29, 0.717) is 17.0 Å². The number of methoxy groups -OCH3 is 1. The molecular weight excluding hydrogens is 314 g/mol. The number of hydrogen-bond donors (Lipinski definition) is 0. The van der Waals surface area contributed by atoms with Gasteiger partial charge in [0.25, 0.3) is 5.95 Å². The Morgan fingerprint density at radius 2 is 1.91 bits per heavy atom. The van der Waals surface area contributed by atoms with Crippen LogP contribution in [0.4, 0.5) is 0 Å². The highest BCUT2D eigenvalue weighted by Gasteiger charge is 2.14. The fourth-order valence-corrected chi connectivity index (χ4v) is 3.00. The number of ether oxygens (including phenoxy) is 1. The van der Waals surface area contributed by atoms with Crippen molar-refractivity contribution in [1.29, 1.82) is 0 Å². The van der Waals surface area contributed by atoms with Gasteiger partial charge < -0.3 is 4.74 Å². The highest BCUT2D eigenvalue weighted by atomic mass is 32.2. The molecule has 0 radical (unpaired) electrons. The summed E-state index contributed by atoms with van der Waals surface area (Å²) in [4.78, 5) is 14.0. The molecule has 0 spiro atoms. The third-order valence-corrected chi connectivity index (χ3v) is 4.50. The molecule has 0 saturated carbocycles. The monoisotopic (exact) mass is 331 g/mol. The molecule has 3 aromatic rings. The predicted molar refractivity (Wildman–Crippen MR) is 85.0 cm³/mol. The first-order valence-corrected chi connectivity index (χ1v) is 7.79. The maximum Gasteiger partial charge on any atom is 0.255 e. The van der Waals surface area contributed by atoms with E-state index in [1.54, 1.807) is 24.2 Å². The Kier molecular flexibility index (Phi) is 4.03. The zero-order chi connectivity index (χ0) is 16.6. The Labute approximate surface area is 137 Å². The normalized spacial score (nSPS) is 11.0. The number of aromatic nitrogens is 7. The molecule has 0 bridgehead atoms. The minimum atomic E-state index is 0.431. The number of rotatable bonds is 4. The number of hydrogen-bond acceptors (Lipinski definition) is 7. The fourth-order valence-electron chi connectivity index (χ4n) is 2.12. The second-order valence-electron chi connectivity index (χ2n) is 5.05. The first-order valence-electron chi connectivity index (χ1n) is 6.97. The van der Waals surface area contributed by atoms with Gasteiger partial charge in [0.2, 0.25) is 11.0 Å². The van der Waals surface area contributed by atoms with E-state index < -0.39 is 0 Å². The molecule has 120 valence electrons. The molecule has 3 heterocycles. The third kappa shape index (κ3) is 3.04. The molecule has 0 fully saturated rings. The van der Waals surface area contributed by atoms with Crippen molar-refractivity contribution in [2.75, 3.05) is 7.11 Å². The lowest BCUT2D eigenvalue weighted by atomic mass is 10.4. The zero-order valence-corrected chi connectivity index (χ0v) is 14.4. The van der Waals surface area contributed by atoms with Crippen LogP contribution < -0.4 is 4.74 Å². The molecule has 0 aliphatic carbocycles. The van der Waals surface area contributed by atoms with Crippen molar-refractivity contribution in [2.24, 2.45) is 7.05 Å². The van der Waals surface area contributed by atoms with Crippen LogP contribution in [0.1, 0.15) is 17.1 Å². The first-order chi connectivity index (χ1) is 11.0. The molecule has 9 heteroatoms. The Morgan fingerprint density at radius 1 is 1.13 bits per heavy atom. The number of nitrogens with zero attached hydrogens (tertiary/aromatic N) is 7. The standard InChI is InChI=1S/C14H17N7OS/c1-8-6-11(22-5)17-13(16-8)21-7-15-14(19-21)23-12-9(2)18-20(4)10(12)3/h6-7H,1-5H3. The molecule has 0 aromatic carbocycles. The van der Waals surface area contributed by atoms with Crippen molar-refractivity contribution in [3.63, 3.8) is 0 Å². The van der Waals surface area contributed by atoms with Gasteiger partial charge in [-0.2, -0.15) is 14.8 Å². The molecule has 0 atom stereocenters. The van der Waals surface area contributed by atoms with Crippen molar-refractivity contribution < 1.29 is 4.74 Å². The van der Waals surface area contributed by atoms with E-state index in [1.807, 2.05) is 32.5 Å². The smallest absolute Gasteiger partial charge is 0.255 e. The van der Waals surface area contributed by atoms with Crippen LogP contribution >= 0.6 is 11.8 Å². The van der Waals surface area contributed by atoms with Gasteiger partial charge in [0.05, 0.1) is 17.7 Å². The summed E-state index contributed by atoms with van der Waals surface area (Å²) < 4.78 is 8.56. The summed E-state index contributed by atoms with van der Waals surface area (Å²) in [5.41, 5.74) is 2.84. The summed E-state index contributed by atoms with van der Waals surface area (Å²) in [5.74, 6) is 0.928. The van der Waals surface area contributed by atoms with E-state index in [1.165, 1.54) is 11.8 Å². The molecule has 0 N–H and O–H groups in total. The second-order valence-corrected chi connectivity index (χ2v) is 6.03. The van der Waals surface area contributed by atoms with Crippen LogP contribution in [0, 0.1) is 20.8 Å². The maximum absolute atomic E-state index is 5.16. The van der Waals surface area contributed by atoms with Gasteiger partial charge in [-0.05, 0) is 32.5 Å². The van der Waals surface area contributed by atoms with E-state index in [9.17, 15) is 0 Å². The molecule has 8 nitrogen and oxygen atoms in total. The molecular formula is C14H17N7OS. The SMILES string of the molecule is COc1cc(C)nc(-n2cnc(Sc3c(C)nn(C)c3C)n2)n1. The van der Waals surface area contributed by atoms with Crippen LogP contribution in [0.5, 0.6) is 5.88 Å². The summed E-state index contributed by atoms with van der Waals surface area (Å²) in [6, 6.07) is 1.76. The van der Waals surface area contributed by atoms with Crippen LogP contribution in [0.3, 0.4) is 0 Å². The largest absolute Gasteiger partial charge is 0.481 e. The van der Waals surface area contributed by atoms with Gasteiger partial charge in [0.1, 0.15) is 6.33 Å². The van der Waals surface area contributed by atoms with Crippen molar-refractivity contribution in [3.8, 4) is 11.8 Å². The first kappa shape index (κ1) is 15.5. The Balaban J connectivity index is 1.90. The van der Waals surface area contributed by atoms with Gasteiger partial charge in [-0.3, -0.25) is 4.68 Å². The van der Waals surface area contributed by atoms with Gasteiger partial charge in [0.15, 0.2) is 0 Å². The van der Waals surface area contributed by atoms with Crippen LogP contribution in [0.25, 0.3) is 5.95 Å². The van der Waals surface area contributed by atoms with E-state index in [0.717, 1.165) is 22.0 Å². The Bertz CT molecular complexity index is 855. The fraction of sp³-hybridized carbons (Fsp3) is 0.357. The molecule has 0 unspecified atom stereocenters. The summed E-state index contributed by atoms with van der Waals surface area (Å²) in [6.45, 7) is 5.87. The van der Waals surface area contributed by atoms with Crippen LogP contribution in [0.2, 0.25) is 0 Å². The van der Waals surface area contributed by atoms with Gasteiger partial charge in [-0.15, -0.1) is 5.10 Å². The van der Waals surface area contributed by atoms with Crippen molar-refractivity contribution in [3.05, 3.63) is 29.5 Å². The average molecular weight is 331 g/mol. The second kappa shape index (κ2) is 5.99. The van der Waals surface area contributed by atoms with E-state index in [4.69, 9.17) is 4.74 Å². The summed E-state index contributed by atoms with van der Waals surface area (Å²) in [6.07, 6.45) is 1.59. The van der Waals surface area contributed by atoms with Gasteiger partial charge in [0, 0.05) is 24.5 Å². The van der Waals surface area contributed by atoms with Crippen molar-refractivity contribution >= 4 is 11.8 Å². The average Bonchev–Trinajstić information content (AvgIpc) is 3.07. The highest BCUT2D eigenvalue weighted by molar-refractivity contribution is 7.99. The van der Waals surface area contributed by atoms with Gasteiger partial charge in [-0.1, -0.05) is 0 Å². The molecule has 0 aliphatic rings. The number of aryl methyl sites for hydroxylation is 3. The minimum Gasteiger partial charge on any atom is -0.481 e. The van der Waals surface area contributed by atoms with Crippen LogP contribution in [-0.2, 0) is 7.05 Å². The lowest BCUT2D eigenvalue weighted by Crippen LogP contribution is -2.04. The molecule has 0 saturated heterocycles. The van der Waals surface area contributed by atoms with Gasteiger partial charge in [-0.25, -0.2) is 9.97 Å². The van der Waals surface area contributed by atoms with E-state index in [2.05, 4.69) is 25.1 Å². The zero-order valence-electron chi connectivity index (χ0n) is 13.6. The molecule has 23 heavy (non-hydrogen) atoms. The minimum absolute atomic E-state index is 0.431. The molecule has 0 amide bonds. The topological polar surface area (TPSA) is 83.5 Å². The van der Waals surface area contributed by atoms with Gasteiger partial charge >= 0.3 is 0 Å². The Morgan fingerprint density at radius 3 is 2.57 bits per heavy atom. The molecule has 0 aliphatic heterocycles. The van der Waals surface area contributed by atoms with E-state index in [-0.39, 0.29) is 0 Å². The Hall–Kier alpha value is -2.42. The van der Waals surface area contributed by atoms with Crippen LogP contribution in [0.15, 0.2) is 22.4 Å². The van der Waals surface area contributed by atoms with Crippen molar-refractivity contribution in [1.82, 2.24) is 34.5 Å². The lowest BCUT2D eigenvalue weighted by molar-refractivity contribution is 0.395. The third-order valence-electron chi connectivity index (χ3n) is 3.34. The summed E-state index contributed by atoms with van der Waals surface area (Å²) >= 11 is 1.48. The molecule has 3 rings (SSSR count). The lowest BCUT2D eigenvalue weighted by Gasteiger charge is -2.03. The summed E-state index contributed by atoms with van der Waals surface area (Å²) in [7, 11) is 3.49. The highest BCUT2D eigenvalue weighted by Crippen LogP contribution is 2.30. The maximum atomic E-state index is 5.16. The predicted octanol–water partition coefficient (Wildman–Crippen LogP) is 1.88. The molecule has 3 aromatic heterocycles. The quantitative estimate of drug-likeness (QED) is 0.721. The van der Waals surface area contributed by atoms with Crippen LogP contribution in [-0.4, -0.2) is 41.6 Å². The van der Waals surface area contributed by atoms with E-state index >= 15 is 0 Å².